The highest BCUT2D eigenvalue weighted by Gasteiger charge is 2.05. The minimum Gasteiger partial charge on any atom is -0.326 e. The lowest BCUT2D eigenvalue weighted by molar-refractivity contribution is -0.116. The molecular formula is C16H15IN2O2. The Morgan fingerprint density at radius 3 is 2.33 bits per heavy atom. The molecule has 0 heterocycles. The molecule has 0 atom stereocenters. The Morgan fingerprint density at radius 1 is 1.00 bits per heavy atom. The molecule has 0 spiro atoms. The van der Waals surface area contributed by atoms with Crippen molar-refractivity contribution in [2.75, 3.05) is 10.6 Å². The van der Waals surface area contributed by atoms with Crippen LogP contribution in [0.1, 0.15) is 12.5 Å². The second kappa shape index (κ2) is 7.21. The highest BCUT2D eigenvalue weighted by molar-refractivity contribution is 14.1. The summed E-state index contributed by atoms with van der Waals surface area (Å²) < 4.78 is 1.07. The van der Waals surface area contributed by atoms with Gasteiger partial charge in [-0.2, -0.15) is 0 Å². The number of halogens is 1. The Hall–Kier alpha value is -1.89. The molecule has 0 aliphatic rings. The fraction of sp³-hybridized carbons (Fsp3) is 0.125. The molecule has 2 aromatic rings. The van der Waals surface area contributed by atoms with Gasteiger partial charge in [0, 0.05) is 21.9 Å². The molecule has 0 aromatic heterocycles. The van der Waals surface area contributed by atoms with Crippen molar-refractivity contribution in [3.8, 4) is 0 Å². The summed E-state index contributed by atoms with van der Waals surface area (Å²) >= 11 is 2.20. The van der Waals surface area contributed by atoms with Gasteiger partial charge in [-0.1, -0.05) is 18.2 Å². The van der Waals surface area contributed by atoms with Gasteiger partial charge in [0.25, 0.3) is 0 Å². The van der Waals surface area contributed by atoms with Crippen molar-refractivity contribution in [2.45, 2.75) is 13.3 Å². The minimum absolute atomic E-state index is 0.0655. The van der Waals surface area contributed by atoms with E-state index in [4.69, 9.17) is 0 Å². The Morgan fingerprint density at radius 2 is 1.71 bits per heavy atom. The zero-order valence-corrected chi connectivity index (χ0v) is 13.7. The van der Waals surface area contributed by atoms with Gasteiger partial charge in [-0.15, -0.1) is 0 Å². The zero-order valence-electron chi connectivity index (χ0n) is 11.5. The number of carbonyl (C=O) groups excluding carboxylic acids is 2. The number of hydrogen-bond acceptors (Lipinski definition) is 2. The molecule has 0 fully saturated rings. The second-order valence-corrected chi connectivity index (χ2v) is 5.86. The van der Waals surface area contributed by atoms with Crippen LogP contribution in [0.4, 0.5) is 11.4 Å². The maximum atomic E-state index is 12.0. The highest BCUT2D eigenvalue weighted by Crippen LogP contribution is 2.14. The third-order valence-corrected chi connectivity index (χ3v) is 3.42. The zero-order chi connectivity index (χ0) is 15.2. The van der Waals surface area contributed by atoms with Gasteiger partial charge in [0.05, 0.1) is 6.42 Å². The molecular weight excluding hydrogens is 379 g/mol. The third-order valence-electron chi connectivity index (χ3n) is 2.75. The van der Waals surface area contributed by atoms with Crippen LogP contribution in [0.25, 0.3) is 0 Å². The normalized spacial score (nSPS) is 10.0. The second-order valence-electron chi connectivity index (χ2n) is 4.61. The van der Waals surface area contributed by atoms with Crippen LogP contribution in [0.5, 0.6) is 0 Å². The van der Waals surface area contributed by atoms with E-state index in [1.165, 1.54) is 6.92 Å². The van der Waals surface area contributed by atoms with Crippen LogP contribution < -0.4 is 10.6 Å². The van der Waals surface area contributed by atoms with E-state index in [9.17, 15) is 9.59 Å². The summed E-state index contributed by atoms with van der Waals surface area (Å²) in [6.07, 6.45) is 0.297. The molecule has 2 aromatic carbocycles. The van der Waals surface area contributed by atoms with Gasteiger partial charge in [-0.05, 0) is 58.5 Å². The average molecular weight is 394 g/mol. The van der Waals surface area contributed by atoms with Crippen LogP contribution in [0, 0.1) is 3.57 Å². The monoisotopic (exact) mass is 394 g/mol. The van der Waals surface area contributed by atoms with Gasteiger partial charge >= 0.3 is 0 Å². The highest BCUT2D eigenvalue weighted by atomic mass is 127. The van der Waals surface area contributed by atoms with Gasteiger partial charge in [0.15, 0.2) is 0 Å². The fourth-order valence-corrected chi connectivity index (χ4v) is 2.41. The Labute approximate surface area is 137 Å². The predicted molar refractivity (Wildman–Crippen MR) is 92.2 cm³/mol. The molecule has 4 nitrogen and oxygen atoms in total. The van der Waals surface area contributed by atoms with E-state index in [1.807, 2.05) is 36.4 Å². The molecule has 2 rings (SSSR count). The molecule has 2 amide bonds. The molecule has 2 N–H and O–H groups in total. The van der Waals surface area contributed by atoms with Gasteiger partial charge < -0.3 is 10.6 Å². The van der Waals surface area contributed by atoms with Crippen molar-refractivity contribution in [1.82, 2.24) is 0 Å². The first kappa shape index (κ1) is 15.5. The number of benzene rings is 2. The van der Waals surface area contributed by atoms with E-state index >= 15 is 0 Å². The number of anilines is 2. The SMILES string of the molecule is CC(=O)Nc1ccc(CC(=O)Nc2cccc(I)c2)cc1. The molecule has 0 radical (unpaired) electrons. The standard InChI is InChI=1S/C16H15IN2O2/c1-11(20)18-14-7-5-12(6-8-14)9-16(21)19-15-4-2-3-13(17)10-15/h2-8,10H,9H2,1H3,(H,18,20)(H,19,21). The van der Waals surface area contributed by atoms with Crippen LogP contribution in [0.3, 0.4) is 0 Å². The van der Waals surface area contributed by atoms with E-state index in [2.05, 4.69) is 33.2 Å². The summed E-state index contributed by atoms with van der Waals surface area (Å²) in [5, 5.41) is 5.56. The largest absolute Gasteiger partial charge is 0.326 e. The van der Waals surface area contributed by atoms with Crippen LogP contribution in [0.2, 0.25) is 0 Å². The summed E-state index contributed by atoms with van der Waals surface area (Å²) in [5.41, 5.74) is 2.42. The van der Waals surface area contributed by atoms with Crippen LogP contribution >= 0.6 is 22.6 Å². The van der Waals surface area contributed by atoms with Crippen molar-refractivity contribution in [1.29, 1.82) is 0 Å². The number of nitrogens with one attached hydrogen (secondary N) is 2. The Bertz CT molecular complexity index is 654. The van der Waals surface area contributed by atoms with E-state index in [0.29, 0.717) is 6.42 Å². The summed E-state index contributed by atoms with van der Waals surface area (Å²) in [7, 11) is 0. The molecule has 0 saturated carbocycles. The maximum absolute atomic E-state index is 12.0. The van der Waals surface area contributed by atoms with Crippen molar-refractivity contribution < 1.29 is 9.59 Å². The Kier molecular flexibility index (Phi) is 5.32. The van der Waals surface area contributed by atoms with E-state index in [-0.39, 0.29) is 11.8 Å². The number of amides is 2. The predicted octanol–water partition coefficient (Wildman–Crippen LogP) is 3.43. The molecule has 0 aliphatic heterocycles. The first-order valence-corrected chi connectivity index (χ1v) is 7.53. The topological polar surface area (TPSA) is 58.2 Å². The lowest BCUT2D eigenvalue weighted by atomic mass is 10.1. The summed E-state index contributed by atoms with van der Waals surface area (Å²) in [5.74, 6) is -0.177. The van der Waals surface area contributed by atoms with Gasteiger partial charge in [-0.25, -0.2) is 0 Å². The average Bonchev–Trinajstić information content (AvgIpc) is 2.40. The molecule has 21 heavy (non-hydrogen) atoms. The summed E-state index contributed by atoms with van der Waals surface area (Å²) in [4.78, 5) is 22.9. The first-order chi connectivity index (χ1) is 10.0. The van der Waals surface area contributed by atoms with E-state index in [0.717, 1.165) is 20.5 Å². The van der Waals surface area contributed by atoms with Crippen LogP contribution in [-0.4, -0.2) is 11.8 Å². The first-order valence-electron chi connectivity index (χ1n) is 6.45. The quantitative estimate of drug-likeness (QED) is 0.781. The van der Waals surface area contributed by atoms with Crippen LogP contribution in [-0.2, 0) is 16.0 Å². The fourth-order valence-electron chi connectivity index (χ4n) is 1.87. The summed E-state index contributed by atoms with van der Waals surface area (Å²) in [6.45, 7) is 1.46. The van der Waals surface area contributed by atoms with Gasteiger partial charge in [-0.3, -0.25) is 9.59 Å². The minimum atomic E-state index is -0.112. The maximum Gasteiger partial charge on any atom is 0.228 e. The lowest BCUT2D eigenvalue weighted by Crippen LogP contribution is -2.14. The number of rotatable bonds is 4. The Balaban J connectivity index is 1.95. The smallest absolute Gasteiger partial charge is 0.228 e. The van der Waals surface area contributed by atoms with Crippen molar-refractivity contribution >= 4 is 45.8 Å². The molecule has 0 unspecified atom stereocenters. The van der Waals surface area contributed by atoms with E-state index < -0.39 is 0 Å². The van der Waals surface area contributed by atoms with Gasteiger partial charge in [0.2, 0.25) is 11.8 Å². The molecule has 0 saturated heterocycles. The van der Waals surface area contributed by atoms with Crippen molar-refractivity contribution in [3.05, 3.63) is 57.7 Å². The summed E-state index contributed by atoms with van der Waals surface area (Å²) in [6, 6.07) is 14.9. The lowest BCUT2D eigenvalue weighted by Gasteiger charge is -2.07. The number of carbonyl (C=O) groups is 2. The molecule has 108 valence electrons. The van der Waals surface area contributed by atoms with Crippen molar-refractivity contribution in [2.24, 2.45) is 0 Å². The molecule has 0 aliphatic carbocycles. The van der Waals surface area contributed by atoms with E-state index in [1.54, 1.807) is 12.1 Å². The van der Waals surface area contributed by atoms with Crippen molar-refractivity contribution in [3.63, 3.8) is 0 Å². The number of hydrogen-bond donors (Lipinski definition) is 2. The van der Waals surface area contributed by atoms with Gasteiger partial charge in [0.1, 0.15) is 0 Å². The third kappa shape index (κ3) is 5.18. The van der Waals surface area contributed by atoms with Crippen LogP contribution in [0.15, 0.2) is 48.5 Å². The molecule has 5 heteroatoms. The molecule has 0 bridgehead atoms.